The number of esters is 1. The van der Waals surface area contributed by atoms with Crippen LogP contribution in [0.1, 0.15) is 34.2 Å². The number of anilines is 1. The Labute approximate surface area is 105 Å². The molecule has 0 aromatic heterocycles. The summed E-state index contributed by atoms with van der Waals surface area (Å²) >= 11 is 0. The van der Waals surface area contributed by atoms with Gasteiger partial charge in [0.1, 0.15) is 6.61 Å². The van der Waals surface area contributed by atoms with Crippen molar-refractivity contribution in [3.05, 3.63) is 29.8 Å². The number of ether oxygens (including phenoxy) is 1. The van der Waals surface area contributed by atoms with E-state index >= 15 is 0 Å². The molecule has 0 saturated heterocycles. The second kappa shape index (κ2) is 6.94. The molecule has 1 aromatic rings. The van der Waals surface area contributed by atoms with Crippen LogP contribution in [0.4, 0.5) is 5.69 Å². The third-order valence-corrected chi connectivity index (χ3v) is 2.73. The summed E-state index contributed by atoms with van der Waals surface area (Å²) in [5, 5.41) is 3.22. The zero-order chi connectivity index (χ0) is 12.7. The van der Waals surface area contributed by atoms with Crippen LogP contribution in [-0.4, -0.2) is 12.5 Å². The topological polar surface area (TPSA) is 38.3 Å². The Hall–Kier alpha value is -1.51. The lowest BCUT2D eigenvalue weighted by Gasteiger charge is -2.10. The van der Waals surface area contributed by atoms with Gasteiger partial charge in [-0.05, 0) is 31.0 Å². The van der Waals surface area contributed by atoms with Gasteiger partial charge < -0.3 is 10.1 Å². The Morgan fingerprint density at radius 1 is 1.35 bits per heavy atom. The van der Waals surface area contributed by atoms with E-state index in [4.69, 9.17) is 4.74 Å². The van der Waals surface area contributed by atoms with Crippen LogP contribution in [0.5, 0.6) is 0 Å². The Bertz CT molecular complexity index is 351. The van der Waals surface area contributed by atoms with Gasteiger partial charge in [0.05, 0.1) is 5.92 Å². The second-order valence-corrected chi connectivity index (χ2v) is 4.14. The van der Waals surface area contributed by atoms with Crippen LogP contribution in [-0.2, 0) is 16.1 Å². The summed E-state index contributed by atoms with van der Waals surface area (Å²) in [7, 11) is 0. The first kappa shape index (κ1) is 13.6. The highest BCUT2D eigenvalue weighted by Crippen LogP contribution is 2.11. The molecular weight excluding hydrogens is 214 g/mol. The van der Waals surface area contributed by atoms with Crippen molar-refractivity contribution in [1.29, 1.82) is 0 Å². The molecular formula is C14H23NO2. The van der Waals surface area contributed by atoms with Crippen LogP contribution in [0.15, 0.2) is 24.3 Å². The van der Waals surface area contributed by atoms with Crippen LogP contribution in [0, 0.1) is 5.92 Å². The van der Waals surface area contributed by atoms with Crippen molar-refractivity contribution in [3.63, 3.8) is 0 Å². The van der Waals surface area contributed by atoms with Gasteiger partial charge in [0, 0.05) is 13.7 Å². The van der Waals surface area contributed by atoms with E-state index in [1.165, 1.54) is 0 Å². The van der Waals surface area contributed by atoms with Crippen molar-refractivity contribution in [1.82, 2.24) is 0 Å². The molecule has 0 radical (unpaired) electrons. The lowest BCUT2D eigenvalue weighted by atomic mass is 10.1. The average molecular weight is 237 g/mol. The SMILES string of the molecule is CCNc1ccc(COC(=O)C(C)CC)cc1.[HH]. The van der Waals surface area contributed by atoms with E-state index in [1.54, 1.807) is 0 Å². The fraction of sp³-hybridized carbons (Fsp3) is 0.500. The average Bonchev–Trinajstić information content (AvgIpc) is 2.37. The smallest absolute Gasteiger partial charge is 0.308 e. The van der Waals surface area contributed by atoms with Gasteiger partial charge in [0.2, 0.25) is 0 Å². The monoisotopic (exact) mass is 237 g/mol. The summed E-state index contributed by atoms with van der Waals surface area (Å²) in [6.07, 6.45) is 0.818. The minimum absolute atomic E-state index is 0. The van der Waals surface area contributed by atoms with E-state index in [0.29, 0.717) is 6.61 Å². The lowest BCUT2D eigenvalue weighted by molar-refractivity contribution is -0.149. The molecule has 3 nitrogen and oxygen atoms in total. The third-order valence-electron chi connectivity index (χ3n) is 2.73. The van der Waals surface area contributed by atoms with Crippen LogP contribution < -0.4 is 5.32 Å². The van der Waals surface area contributed by atoms with Gasteiger partial charge in [0.15, 0.2) is 0 Å². The van der Waals surface area contributed by atoms with Crippen molar-refractivity contribution in [2.45, 2.75) is 33.8 Å². The highest BCUT2D eigenvalue weighted by molar-refractivity contribution is 5.71. The van der Waals surface area contributed by atoms with E-state index in [2.05, 4.69) is 12.2 Å². The van der Waals surface area contributed by atoms with E-state index < -0.39 is 0 Å². The van der Waals surface area contributed by atoms with E-state index in [-0.39, 0.29) is 13.3 Å². The molecule has 0 amide bonds. The fourth-order valence-corrected chi connectivity index (χ4v) is 1.39. The Balaban J connectivity index is 0.00000289. The molecule has 17 heavy (non-hydrogen) atoms. The number of benzene rings is 1. The predicted molar refractivity (Wildman–Crippen MR) is 72.0 cm³/mol. The minimum Gasteiger partial charge on any atom is -0.461 e. The van der Waals surface area contributed by atoms with Crippen molar-refractivity contribution in [2.75, 3.05) is 11.9 Å². The number of rotatable bonds is 6. The van der Waals surface area contributed by atoms with E-state index in [1.807, 2.05) is 38.1 Å². The van der Waals surface area contributed by atoms with Gasteiger partial charge in [-0.25, -0.2) is 0 Å². The number of nitrogens with one attached hydrogen (secondary N) is 1. The number of hydrogen-bond donors (Lipinski definition) is 1. The Morgan fingerprint density at radius 2 is 2.00 bits per heavy atom. The van der Waals surface area contributed by atoms with Crippen molar-refractivity contribution < 1.29 is 11.0 Å². The van der Waals surface area contributed by atoms with Gasteiger partial charge in [-0.15, -0.1) is 0 Å². The van der Waals surface area contributed by atoms with Crippen molar-refractivity contribution in [2.24, 2.45) is 5.92 Å². The van der Waals surface area contributed by atoms with Crippen molar-refractivity contribution >= 4 is 11.7 Å². The lowest BCUT2D eigenvalue weighted by Crippen LogP contribution is -2.13. The molecule has 0 spiro atoms. The summed E-state index contributed by atoms with van der Waals surface area (Å²) in [5.74, 6) is -0.140. The van der Waals surface area contributed by atoms with Gasteiger partial charge in [-0.2, -0.15) is 0 Å². The summed E-state index contributed by atoms with van der Waals surface area (Å²) in [5.41, 5.74) is 2.10. The highest BCUT2D eigenvalue weighted by Gasteiger charge is 2.11. The van der Waals surface area contributed by atoms with Gasteiger partial charge in [0.25, 0.3) is 0 Å². The van der Waals surface area contributed by atoms with Crippen molar-refractivity contribution in [3.8, 4) is 0 Å². The largest absolute Gasteiger partial charge is 0.461 e. The molecule has 0 bridgehead atoms. The van der Waals surface area contributed by atoms with Crippen LogP contribution in [0.25, 0.3) is 0 Å². The van der Waals surface area contributed by atoms with E-state index in [9.17, 15) is 4.79 Å². The summed E-state index contributed by atoms with van der Waals surface area (Å²) < 4.78 is 5.22. The second-order valence-electron chi connectivity index (χ2n) is 4.14. The number of hydrogen-bond acceptors (Lipinski definition) is 3. The quantitative estimate of drug-likeness (QED) is 0.770. The molecule has 0 aliphatic heterocycles. The zero-order valence-electron chi connectivity index (χ0n) is 10.8. The first-order valence-electron chi connectivity index (χ1n) is 6.16. The molecule has 1 rings (SSSR count). The van der Waals surface area contributed by atoms with Gasteiger partial charge >= 0.3 is 5.97 Å². The van der Waals surface area contributed by atoms with Crippen LogP contribution in [0.3, 0.4) is 0 Å². The maximum absolute atomic E-state index is 11.5. The third kappa shape index (κ3) is 4.47. The van der Waals surface area contributed by atoms with Gasteiger partial charge in [-0.1, -0.05) is 26.0 Å². The molecule has 0 aliphatic carbocycles. The fourth-order valence-electron chi connectivity index (χ4n) is 1.39. The molecule has 1 atom stereocenters. The first-order valence-corrected chi connectivity index (χ1v) is 6.16. The molecule has 0 aliphatic rings. The maximum atomic E-state index is 11.5. The molecule has 3 heteroatoms. The highest BCUT2D eigenvalue weighted by atomic mass is 16.5. The predicted octanol–water partition coefficient (Wildman–Crippen LogP) is 3.45. The minimum atomic E-state index is -0.122. The number of carbonyl (C=O) groups excluding carboxylic acids is 1. The maximum Gasteiger partial charge on any atom is 0.308 e. The summed E-state index contributed by atoms with van der Waals surface area (Å²) in [6, 6.07) is 7.94. The van der Waals surface area contributed by atoms with E-state index in [0.717, 1.165) is 24.2 Å². The molecule has 96 valence electrons. The summed E-state index contributed by atoms with van der Waals surface area (Å²) in [6.45, 7) is 7.19. The Kier molecular flexibility index (Phi) is 5.53. The molecule has 0 fully saturated rings. The zero-order valence-corrected chi connectivity index (χ0v) is 10.8. The molecule has 0 heterocycles. The number of carbonyl (C=O) groups is 1. The molecule has 0 saturated carbocycles. The normalized spacial score (nSPS) is 11.9. The van der Waals surface area contributed by atoms with Crippen LogP contribution >= 0.6 is 0 Å². The van der Waals surface area contributed by atoms with Gasteiger partial charge in [-0.3, -0.25) is 4.79 Å². The Morgan fingerprint density at radius 3 is 2.53 bits per heavy atom. The first-order chi connectivity index (χ1) is 8.17. The van der Waals surface area contributed by atoms with Crippen LogP contribution in [0.2, 0.25) is 0 Å². The molecule has 1 N–H and O–H groups in total. The molecule has 1 unspecified atom stereocenters. The standard InChI is InChI=1S/C14H21NO2.H2/c1-4-11(3)14(16)17-10-12-6-8-13(9-7-12)15-5-2;/h6-9,11,15H,4-5,10H2,1-3H3;1H. The summed E-state index contributed by atoms with van der Waals surface area (Å²) in [4.78, 5) is 11.5. The molecule has 1 aromatic carbocycles.